The molecule has 0 saturated carbocycles. The van der Waals surface area contributed by atoms with E-state index in [0.717, 1.165) is 30.0 Å². The molecule has 2 heterocycles. The number of fused-ring (bicyclic) bond motifs is 1. The monoisotopic (exact) mass is 369 g/mol. The molecule has 0 spiro atoms. The first-order valence-corrected chi connectivity index (χ1v) is 9.90. The van der Waals surface area contributed by atoms with Crippen LogP contribution in [0.15, 0.2) is 78.9 Å². The Hall–Kier alpha value is -3.27. The van der Waals surface area contributed by atoms with Crippen molar-refractivity contribution in [3.05, 3.63) is 90.0 Å². The van der Waals surface area contributed by atoms with Crippen LogP contribution in [0.25, 0.3) is 0 Å². The lowest BCUT2D eigenvalue weighted by atomic mass is 10.0. The minimum absolute atomic E-state index is 0.0224. The normalized spacial score (nSPS) is 18.7. The van der Waals surface area contributed by atoms with E-state index in [1.54, 1.807) is 0 Å². The molecule has 1 amide bonds. The second-order valence-electron chi connectivity index (χ2n) is 7.39. The molecule has 2 aliphatic rings. The Balaban J connectivity index is 1.54. The van der Waals surface area contributed by atoms with Crippen LogP contribution in [0.1, 0.15) is 34.9 Å². The van der Waals surface area contributed by atoms with Gasteiger partial charge in [0.15, 0.2) is 0 Å². The number of hydrogen-bond acceptors (Lipinski definition) is 3. The van der Waals surface area contributed by atoms with E-state index in [0.29, 0.717) is 5.56 Å². The number of amides is 1. The number of nitrogens with one attached hydrogen (secondary N) is 1. The second kappa shape index (κ2) is 7.04. The zero-order chi connectivity index (χ0) is 18.9. The summed E-state index contributed by atoms with van der Waals surface area (Å²) in [4.78, 5) is 17.6. The summed E-state index contributed by atoms with van der Waals surface area (Å²) >= 11 is 0. The Morgan fingerprint density at radius 1 is 0.750 bits per heavy atom. The van der Waals surface area contributed by atoms with Crippen molar-refractivity contribution in [2.45, 2.75) is 19.0 Å². The van der Waals surface area contributed by atoms with Crippen molar-refractivity contribution < 1.29 is 4.79 Å². The van der Waals surface area contributed by atoms with E-state index in [-0.39, 0.29) is 12.1 Å². The molecule has 3 aromatic carbocycles. The number of carbonyl (C=O) groups is 1. The van der Waals surface area contributed by atoms with Crippen molar-refractivity contribution in [2.24, 2.45) is 0 Å². The van der Waals surface area contributed by atoms with E-state index < -0.39 is 0 Å². The van der Waals surface area contributed by atoms with E-state index in [1.165, 1.54) is 18.5 Å². The number of anilines is 3. The van der Waals surface area contributed by atoms with E-state index >= 15 is 0 Å². The van der Waals surface area contributed by atoms with Crippen LogP contribution in [-0.2, 0) is 0 Å². The molecule has 1 fully saturated rings. The van der Waals surface area contributed by atoms with Gasteiger partial charge in [0.05, 0.1) is 5.56 Å². The molecule has 1 atom stereocenters. The summed E-state index contributed by atoms with van der Waals surface area (Å²) in [5.41, 5.74) is 4.82. The summed E-state index contributed by atoms with van der Waals surface area (Å²) in [6.07, 6.45) is 2.29. The number of carbonyl (C=O) groups excluding carboxylic acids is 1. The fraction of sp³-hybridized carbons (Fsp3) is 0.208. The zero-order valence-corrected chi connectivity index (χ0v) is 15.7. The van der Waals surface area contributed by atoms with Gasteiger partial charge in [0.1, 0.15) is 6.17 Å². The fourth-order valence-electron chi connectivity index (χ4n) is 4.18. The van der Waals surface area contributed by atoms with Gasteiger partial charge < -0.3 is 10.2 Å². The molecule has 4 heteroatoms. The molecule has 1 N–H and O–H groups in total. The van der Waals surface area contributed by atoms with E-state index in [1.807, 2.05) is 59.5 Å². The third kappa shape index (κ3) is 2.91. The summed E-state index contributed by atoms with van der Waals surface area (Å²) in [5, 5.41) is 3.57. The second-order valence-corrected chi connectivity index (χ2v) is 7.39. The minimum atomic E-state index is -0.238. The molecule has 0 radical (unpaired) electrons. The summed E-state index contributed by atoms with van der Waals surface area (Å²) in [5.74, 6) is 0.0224. The van der Waals surface area contributed by atoms with Gasteiger partial charge in [0.2, 0.25) is 0 Å². The molecular weight excluding hydrogens is 346 g/mol. The molecule has 4 nitrogen and oxygen atoms in total. The van der Waals surface area contributed by atoms with E-state index in [2.05, 4.69) is 34.5 Å². The molecule has 0 aromatic heterocycles. The maximum Gasteiger partial charge on any atom is 0.262 e. The molecule has 0 aliphatic carbocycles. The molecule has 3 aromatic rings. The highest BCUT2D eigenvalue weighted by Crippen LogP contribution is 2.37. The zero-order valence-electron chi connectivity index (χ0n) is 15.7. The van der Waals surface area contributed by atoms with Crippen molar-refractivity contribution >= 4 is 23.0 Å². The first kappa shape index (κ1) is 16.9. The lowest BCUT2D eigenvalue weighted by molar-refractivity contribution is 0.0975. The predicted octanol–water partition coefficient (Wildman–Crippen LogP) is 5.06. The van der Waals surface area contributed by atoms with E-state index in [9.17, 15) is 4.79 Å². The summed E-state index contributed by atoms with van der Waals surface area (Å²) in [6.45, 7) is 2.26. The SMILES string of the molecule is O=C1c2ccccc2N[C@H](c2ccc(N3CCCC3)cc2)N1c1ccccc1. The Labute approximate surface area is 165 Å². The lowest BCUT2D eigenvalue weighted by Crippen LogP contribution is -2.43. The van der Waals surface area contributed by atoms with E-state index in [4.69, 9.17) is 0 Å². The Morgan fingerprint density at radius 3 is 2.18 bits per heavy atom. The maximum atomic E-state index is 13.4. The van der Waals surface area contributed by atoms with Crippen LogP contribution < -0.4 is 15.1 Å². The van der Waals surface area contributed by atoms with Gasteiger partial charge in [-0.25, -0.2) is 0 Å². The highest BCUT2D eigenvalue weighted by Gasteiger charge is 2.33. The van der Waals surface area contributed by atoms with Crippen LogP contribution in [0, 0.1) is 0 Å². The molecule has 28 heavy (non-hydrogen) atoms. The average Bonchev–Trinajstić information content (AvgIpc) is 3.29. The van der Waals surface area contributed by atoms with Gasteiger partial charge >= 0.3 is 0 Å². The highest BCUT2D eigenvalue weighted by atomic mass is 16.2. The van der Waals surface area contributed by atoms with Crippen LogP contribution in [-0.4, -0.2) is 19.0 Å². The van der Waals surface area contributed by atoms with Crippen LogP contribution in [0.3, 0.4) is 0 Å². The van der Waals surface area contributed by atoms with Crippen molar-refractivity contribution in [3.63, 3.8) is 0 Å². The van der Waals surface area contributed by atoms with Gasteiger partial charge in [0, 0.05) is 30.2 Å². The van der Waals surface area contributed by atoms with Gasteiger partial charge in [-0.1, -0.05) is 42.5 Å². The van der Waals surface area contributed by atoms with Gasteiger partial charge in [-0.3, -0.25) is 9.69 Å². The molecule has 1 saturated heterocycles. The molecular formula is C24H23N3O. The minimum Gasteiger partial charge on any atom is -0.372 e. The van der Waals surface area contributed by atoms with Crippen LogP contribution in [0.5, 0.6) is 0 Å². The van der Waals surface area contributed by atoms with Gasteiger partial charge in [-0.2, -0.15) is 0 Å². The molecule has 2 aliphatic heterocycles. The number of benzene rings is 3. The fourth-order valence-corrected chi connectivity index (χ4v) is 4.18. The molecule has 140 valence electrons. The molecule has 5 rings (SSSR count). The first-order valence-electron chi connectivity index (χ1n) is 9.90. The number of nitrogens with zero attached hydrogens (tertiary/aromatic N) is 2. The van der Waals surface area contributed by atoms with Gasteiger partial charge in [-0.05, 0) is 54.8 Å². The van der Waals surface area contributed by atoms with Crippen molar-refractivity contribution in [2.75, 3.05) is 28.2 Å². The summed E-state index contributed by atoms with van der Waals surface area (Å²) in [7, 11) is 0. The average molecular weight is 369 g/mol. The smallest absolute Gasteiger partial charge is 0.262 e. The first-order chi connectivity index (χ1) is 13.8. The largest absolute Gasteiger partial charge is 0.372 e. The Bertz CT molecular complexity index is 978. The Kier molecular flexibility index (Phi) is 4.24. The topological polar surface area (TPSA) is 35.6 Å². The number of rotatable bonds is 3. The third-order valence-corrected chi connectivity index (χ3v) is 5.64. The Morgan fingerprint density at radius 2 is 1.43 bits per heavy atom. The summed E-state index contributed by atoms with van der Waals surface area (Å²) in [6, 6.07) is 26.2. The van der Waals surface area contributed by atoms with Crippen LogP contribution in [0.4, 0.5) is 17.1 Å². The van der Waals surface area contributed by atoms with Crippen LogP contribution >= 0.6 is 0 Å². The van der Waals surface area contributed by atoms with Gasteiger partial charge in [-0.15, -0.1) is 0 Å². The number of hydrogen-bond donors (Lipinski definition) is 1. The van der Waals surface area contributed by atoms with Crippen molar-refractivity contribution in [3.8, 4) is 0 Å². The molecule has 0 bridgehead atoms. The highest BCUT2D eigenvalue weighted by molar-refractivity contribution is 6.12. The quantitative estimate of drug-likeness (QED) is 0.701. The van der Waals surface area contributed by atoms with Gasteiger partial charge in [0.25, 0.3) is 5.91 Å². The third-order valence-electron chi connectivity index (χ3n) is 5.64. The summed E-state index contributed by atoms with van der Waals surface area (Å²) < 4.78 is 0. The lowest BCUT2D eigenvalue weighted by Gasteiger charge is -2.38. The number of para-hydroxylation sites is 2. The maximum absolute atomic E-state index is 13.4. The van der Waals surface area contributed by atoms with Crippen molar-refractivity contribution in [1.29, 1.82) is 0 Å². The predicted molar refractivity (Wildman–Crippen MR) is 114 cm³/mol. The standard InChI is InChI=1S/C24H23N3O/c28-24-21-10-4-5-11-22(21)25-23(27(24)20-8-2-1-3-9-20)18-12-14-19(15-13-18)26-16-6-7-17-26/h1-5,8-15,23,25H,6-7,16-17H2/t23-/m0/s1. The van der Waals surface area contributed by atoms with Crippen LogP contribution in [0.2, 0.25) is 0 Å². The van der Waals surface area contributed by atoms with Crippen molar-refractivity contribution in [1.82, 2.24) is 0 Å². The molecule has 0 unspecified atom stereocenters.